The van der Waals surface area contributed by atoms with Gasteiger partial charge in [-0.1, -0.05) is 31.9 Å². The first-order chi connectivity index (χ1) is 8.26. The van der Waals surface area contributed by atoms with Gasteiger partial charge in [0.05, 0.1) is 11.6 Å². The number of unbranched alkanes of at least 4 members (excludes halogenated alkanes) is 2. The predicted octanol–water partition coefficient (Wildman–Crippen LogP) is 2.75. The molecule has 3 nitrogen and oxygen atoms in total. The summed E-state index contributed by atoms with van der Waals surface area (Å²) in [6.45, 7) is 2.62. The summed E-state index contributed by atoms with van der Waals surface area (Å²) in [6.07, 6.45) is 3.75. The van der Waals surface area contributed by atoms with Crippen LogP contribution in [0.4, 0.5) is 0 Å². The van der Waals surface area contributed by atoms with E-state index in [0.29, 0.717) is 18.5 Å². The molecule has 0 saturated heterocycles. The molecule has 0 bridgehead atoms. The molecule has 0 aliphatic rings. The lowest BCUT2D eigenvalue weighted by atomic mass is 10.1. The first-order valence-corrected chi connectivity index (χ1v) is 6.02. The maximum atomic E-state index is 11.5. The quantitative estimate of drug-likeness (QED) is 0.764. The summed E-state index contributed by atoms with van der Waals surface area (Å²) in [5.41, 5.74) is 1.59. The van der Waals surface area contributed by atoms with Gasteiger partial charge < -0.3 is 5.32 Å². The Bertz CT molecular complexity index is 407. The second kappa shape index (κ2) is 7.45. The lowest BCUT2D eigenvalue weighted by Gasteiger charge is -2.05. The normalized spacial score (nSPS) is 9.65. The second-order valence-corrected chi connectivity index (χ2v) is 4.05. The molecule has 0 atom stereocenters. The van der Waals surface area contributed by atoms with E-state index in [2.05, 4.69) is 18.3 Å². The van der Waals surface area contributed by atoms with Gasteiger partial charge in [-0.15, -0.1) is 0 Å². The summed E-state index contributed by atoms with van der Waals surface area (Å²) in [5.74, 6) is 0.0841. The number of nitrogens with zero attached hydrogens (tertiary/aromatic N) is 1. The molecule has 17 heavy (non-hydrogen) atoms. The fourth-order valence-electron chi connectivity index (χ4n) is 1.58. The van der Waals surface area contributed by atoms with Gasteiger partial charge in [-0.3, -0.25) is 4.79 Å². The highest BCUT2D eigenvalue weighted by molar-refractivity contribution is 5.75. The average molecular weight is 230 g/mol. The predicted molar refractivity (Wildman–Crippen MR) is 67.1 cm³/mol. The number of nitriles is 1. The Morgan fingerprint density at radius 3 is 2.94 bits per heavy atom. The molecule has 1 rings (SSSR count). The van der Waals surface area contributed by atoms with Gasteiger partial charge in [0.1, 0.15) is 0 Å². The molecule has 0 fully saturated rings. The molecule has 0 aliphatic heterocycles. The van der Waals surface area contributed by atoms with Gasteiger partial charge in [0, 0.05) is 13.0 Å². The van der Waals surface area contributed by atoms with Gasteiger partial charge in [-0.2, -0.15) is 5.26 Å². The topological polar surface area (TPSA) is 52.9 Å². The minimum absolute atomic E-state index is 0.0841. The van der Waals surface area contributed by atoms with Crippen LogP contribution in [0.3, 0.4) is 0 Å². The molecule has 1 aromatic rings. The fraction of sp³-hybridized carbons (Fsp3) is 0.429. The number of hydrogen-bond donors (Lipinski definition) is 1. The minimum atomic E-state index is 0.0841. The van der Waals surface area contributed by atoms with Crippen LogP contribution in [-0.2, 0) is 11.3 Å². The Balaban J connectivity index is 2.34. The monoisotopic (exact) mass is 230 g/mol. The van der Waals surface area contributed by atoms with Crippen molar-refractivity contribution in [2.75, 3.05) is 0 Å². The van der Waals surface area contributed by atoms with E-state index in [4.69, 9.17) is 5.26 Å². The van der Waals surface area contributed by atoms with E-state index in [1.54, 1.807) is 12.1 Å². The molecule has 0 aliphatic carbocycles. The highest BCUT2D eigenvalue weighted by atomic mass is 16.1. The summed E-state index contributed by atoms with van der Waals surface area (Å²) in [7, 11) is 0. The van der Waals surface area contributed by atoms with E-state index in [1.165, 1.54) is 0 Å². The van der Waals surface area contributed by atoms with Crippen molar-refractivity contribution in [2.45, 2.75) is 39.2 Å². The lowest BCUT2D eigenvalue weighted by molar-refractivity contribution is -0.121. The molecule has 0 aromatic heterocycles. The Hall–Kier alpha value is -1.82. The molecule has 0 spiro atoms. The summed E-state index contributed by atoms with van der Waals surface area (Å²) >= 11 is 0. The molecule has 90 valence electrons. The molecule has 0 heterocycles. The average Bonchev–Trinajstić information content (AvgIpc) is 2.37. The van der Waals surface area contributed by atoms with Gasteiger partial charge in [0.2, 0.25) is 5.91 Å². The van der Waals surface area contributed by atoms with E-state index in [1.807, 2.05) is 12.1 Å². The third kappa shape index (κ3) is 5.17. The van der Waals surface area contributed by atoms with Crippen molar-refractivity contribution >= 4 is 5.91 Å². The second-order valence-electron chi connectivity index (χ2n) is 4.05. The van der Waals surface area contributed by atoms with Crippen LogP contribution in [0.5, 0.6) is 0 Å². The third-order valence-electron chi connectivity index (χ3n) is 2.55. The maximum absolute atomic E-state index is 11.5. The Morgan fingerprint density at radius 2 is 2.24 bits per heavy atom. The largest absolute Gasteiger partial charge is 0.352 e. The zero-order valence-electron chi connectivity index (χ0n) is 10.2. The van der Waals surface area contributed by atoms with Crippen molar-refractivity contribution < 1.29 is 4.79 Å². The molecule has 0 saturated carbocycles. The molecule has 3 heteroatoms. The lowest BCUT2D eigenvalue weighted by Crippen LogP contribution is -2.22. The number of nitrogens with one attached hydrogen (secondary N) is 1. The highest BCUT2D eigenvalue weighted by Gasteiger charge is 2.01. The van der Waals surface area contributed by atoms with Crippen molar-refractivity contribution in [3.63, 3.8) is 0 Å². The van der Waals surface area contributed by atoms with Gasteiger partial charge in [0.25, 0.3) is 0 Å². The Labute approximate surface area is 102 Å². The first kappa shape index (κ1) is 13.2. The number of amides is 1. The standard InChI is InChI=1S/C14H18N2O/c1-2-3-4-8-14(17)16-11-13-7-5-6-12(9-13)10-15/h5-7,9H,2-4,8,11H2,1H3,(H,16,17). The van der Waals surface area contributed by atoms with Crippen LogP contribution in [0.1, 0.15) is 43.7 Å². The van der Waals surface area contributed by atoms with Crippen molar-refractivity contribution in [1.29, 1.82) is 5.26 Å². The van der Waals surface area contributed by atoms with E-state index < -0.39 is 0 Å². The number of benzene rings is 1. The van der Waals surface area contributed by atoms with Crippen LogP contribution < -0.4 is 5.32 Å². The number of carbonyl (C=O) groups excluding carboxylic acids is 1. The highest BCUT2D eigenvalue weighted by Crippen LogP contribution is 2.04. The molecule has 1 aromatic carbocycles. The van der Waals surface area contributed by atoms with Crippen LogP contribution in [0, 0.1) is 11.3 Å². The third-order valence-corrected chi connectivity index (χ3v) is 2.55. The van der Waals surface area contributed by atoms with Crippen LogP contribution in [-0.4, -0.2) is 5.91 Å². The molecule has 0 unspecified atom stereocenters. The SMILES string of the molecule is CCCCCC(=O)NCc1cccc(C#N)c1. The van der Waals surface area contributed by atoms with Crippen molar-refractivity contribution in [1.82, 2.24) is 5.32 Å². The molecular weight excluding hydrogens is 212 g/mol. The van der Waals surface area contributed by atoms with E-state index >= 15 is 0 Å². The van der Waals surface area contributed by atoms with Crippen molar-refractivity contribution in [2.24, 2.45) is 0 Å². The minimum Gasteiger partial charge on any atom is -0.352 e. The van der Waals surface area contributed by atoms with Gasteiger partial charge in [-0.25, -0.2) is 0 Å². The van der Waals surface area contributed by atoms with Crippen molar-refractivity contribution in [3.8, 4) is 6.07 Å². The van der Waals surface area contributed by atoms with Crippen LogP contribution in [0.25, 0.3) is 0 Å². The van der Waals surface area contributed by atoms with Crippen molar-refractivity contribution in [3.05, 3.63) is 35.4 Å². The molecule has 1 N–H and O–H groups in total. The summed E-state index contributed by atoms with van der Waals surface area (Å²) in [5, 5.41) is 11.6. The molecule has 1 amide bonds. The number of hydrogen-bond acceptors (Lipinski definition) is 2. The Kier molecular flexibility index (Phi) is 5.81. The summed E-state index contributed by atoms with van der Waals surface area (Å²) in [6, 6.07) is 9.38. The fourth-order valence-corrected chi connectivity index (χ4v) is 1.58. The van der Waals surface area contributed by atoms with E-state index in [9.17, 15) is 4.79 Å². The smallest absolute Gasteiger partial charge is 0.220 e. The molecule has 0 radical (unpaired) electrons. The first-order valence-electron chi connectivity index (χ1n) is 6.02. The number of rotatable bonds is 6. The molecular formula is C14H18N2O. The van der Waals surface area contributed by atoms with E-state index in [0.717, 1.165) is 24.8 Å². The van der Waals surface area contributed by atoms with Gasteiger partial charge >= 0.3 is 0 Å². The van der Waals surface area contributed by atoms with Gasteiger partial charge in [-0.05, 0) is 24.1 Å². The Morgan fingerprint density at radius 1 is 1.41 bits per heavy atom. The summed E-state index contributed by atoms with van der Waals surface area (Å²) in [4.78, 5) is 11.5. The van der Waals surface area contributed by atoms with Gasteiger partial charge in [0.15, 0.2) is 0 Å². The zero-order valence-corrected chi connectivity index (χ0v) is 10.2. The summed E-state index contributed by atoms with van der Waals surface area (Å²) < 4.78 is 0. The van der Waals surface area contributed by atoms with Crippen LogP contribution in [0.15, 0.2) is 24.3 Å². The van der Waals surface area contributed by atoms with Crippen LogP contribution >= 0.6 is 0 Å². The zero-order chi connectivity index (χ0) is 12.5. The maximum Gasteiger partial charge on any atom is 0.220 e. The van der Waals surface area contributed by atoms with Crippen LogP contribution in [0.2, 0.25) is 0 Å². The van der Waals surface area contributed by atoms with E-state index in [-0.39, 0.29) is 5.91 Å². The number of carbonyl (C=O) groups is 1.